The van der Waals surface area contributed by atoms with E-state index in [0.717, 1.165) is 10.5 Å². The van der Waals surface area contributed by atoms with Crippen molar-refractivity contribution in [2.24, 2.45) is 5.92 Å². The zero-order chi connectivity index (χ0) is 24.4. The first-order valence-corrected chi connectivity index (χ1v) is 11.6. The minimum atomic E-state index is -4.60. The molecule has 2 N–H and O–H groups in total. The number of carbonyl (C=O) groups is 1. The van der Waals surface area contributed by atoms with E-state index >= 15 is 0 Å². The van der Waals surface area contributed by atoms with E-state index in [4.69, 9.17) is 11.6 Å². The summed E-state index contributed by atoms with van der Waals surface area (Å²) in [5.74, 6) is -1.67. The van der Waals surface area contributed by atoms with Crippen LogP contribution in [-0.4, -0.2) is 59.4 Å². The predicted molar refractivity (Wildman–Crippen MR) is 112 cm³/mol. The lowest BCUT2D eigenvalue weighted by atomic mass is 9.86. The molecule has 3 rings (SSSR count). The number of rotatable bonds is 6. The molecule has 0 radical (unpaired) electrons. The van der Waals surface area contributed by atoms with Gasteiger partial charge < -0.3 is 10.3 Å². The molecule has 0 saturated carbocycles. The third-order valence-corrected chi connectivity index (χ3v) is 6.93. The van der Waals surface area contributed by atoms with Crippen LogP contribution in [0.2, 0.25) is 5.15 Å². The number of alkyl halides is 3. The van der Waals surface area contributed by atoms with E-state index in [1.165, 1.54) is 12.1 Å². The highest BCUT2D eigenvalue weighted by Gasteiger charge is 2.35. The van der Waals surface area contributed by atoms with Gasteiger partial charge in [0.25, 0.3) is 0 Å². The van der Waals surface area contributed by atoms with Crippen LogP contribution in [0.25, 0.3) is 11.5 Å². The number of aromatic nitrogens is 3. The van der Waals surface area contributed by atoms with Gasteiger partial charge in [0, 0.05) is 25.1 Å². The molecule has 2 atom stereocenters. The molecule has 2 aromatic rings. The van der Waals surface area contributed by atoms with E-state index in [1.807, 2.05) is 6.92 Å². The maximum atomic E-state index is 13.1. The fraction of sp³-hybridized carbons (Fsp3) is 0.421. The second kappa shape index (κ2) is 9.77. The van der Waals surface area contributed by atoms with E-state index in [-0.39, 0.29) is 30.1 Å². The number of carbonyl (C=O) groups excluding carboxylic acids is 1. The van der Waals surface area contributed by atoms with Gasteiger partial charge in [0.05, 0.1) is 17.3 Å². The van der Waals surface area contributed by atoms with Crippen molar-refractivity contribution in [2.45, 2.75) is 25.4 Å². The van der Waals surface area contributed by atoms with Crippen molar-refractivity contribution in [3.05, 3.63) is 46.5 Å². The molecule has 0 spiro atoms. The van der Waals surface area contributed by atoms with Gasteiger partial charge in [0.1, 0.15) is 18.1 Å². The van der Waals surface area contributed by atoms with Gasteiger partial charge in [-0.15, -0.1) is 0 Å². The van der Waals surface area contributed by atoms with Crippen LogP contribution in [0, 0.1) is 11.7 Å². The molecule has 0 unspecified atom stereocenters. The Balaban J connectivity index is 1.66. The van der Waals surface area contributed by atoms with Crippen LogP contribution in [0.5, 0.6) is 0 Å². The summed E-state index contributed by atoms with van der Waals surface area (Å²) in [5, 5.41) is 2.37. The summed E-state index contributed by atoms with van der Waals surface area (Å²) in [6.07, 6.45) is -2.60. The number of halogens is 5. The van der Waals surface area contributed by atoms with Crippen LogP contribution >= 0.6 is 11.6 Å². The quantitative estimate of drug-likeness (QED) is 0.459. The van der Waals surface area contributed by atoms with Crippen molar-refractivity contribution in [3.63, 3.8) is 0 Å². The number of sulfonamides is 1. The summed E-state index contributed by atoms with van der Waals surface area (Å²) >= 11 is 6.29. The second-order valence-electron chi connectivity index (χ2n) is 7.56. The minimum absolute atomic E-state index is 0.0982. The number of piperidine rings is 1. The molecule has 0 aliphatic carbocycles. The van der Waals surface area contributed by atoms with Crippen LogP contribution in [0.1, 0.15) is 25.0 Å². The normalized spacial score (nSPS) is 20.3. The smallest absolute Gasteiger partial charge is 0.343 e. The van der Waals surface area contributed by atoms with Crippen molar-refractivity contribution in [3.8, 4) is 11.5 Å². The Kier molecular flexibility index (Phi) is 7.44. The summed E-state index contributed by atoms with van der Waals surface area (Å²) in [7, 11) is -4.02. The number of H-pyrrole nitrogens is 1. The predicted octanol–water partition coefficient (Wildman–Crippen LogP) is 3.21. The molecule has 8 nitrogen and oxygen atoms in total. The third kappa shape index (κ3) is 6.51. The van der Waals surface area contributed by atoms with Gasteiger partial charge in [0.15, 0.2) is 11.0 Å². The SMILES string of the molecule is C[C@H]1CN(S(=O)(=O)C=CC(=O)NCC(F)(F)F)CC[C@H]1c1[nH]c(-c2ccc(F)cn2)nc1Cl. The van der Waals surface area contributed by atoms with Gasteiger partial charge in [-0.05, 0) is 24.5 Å². The fourth-order valence-electron chi connectivity index (χ4n) is 3.50. The maximum absolute atomic E-state index is 13.1. The van der Waals surface area contributed by atoms with Gasteiger partial charge in [0.2, 0.25) is 15.9 Å². The molecule has 180 valence electrons. The molecule has 1 saturated heterocycles. The highest BCUT2D eigenvalue weighted by atomic mass is 35.5. The van der Waals surface area contributed by atoms with Crippen molar-refractivity contribution in [2.75, 3.05) is 19.6 Å². The lowest BCUT2D eigenvalue weighted by Gasteiger charge is -2.35. The molecule has 3 heterocycles. The number of pyridine rings is 1. The van der Waals surface area contributed by atoms with Crippen LogP contribution < -0.4 is 5.32 Å². The van der Waals surface area contributed by atoms with E-state index in [9.17, 15) is 30.8 Å². The molecule has 0 bridgehead atoms. The Bertz CT molecular complexity index is 1140. The number of amides is 1. The van der Waals surface area contributed by atoms with Gasteiger partial charge in [-0.25, -0.2) is 22.8 Å². The monoisotopic (exact) mass is 509 g/mol. The van der Waals surface area contributed by atoms with Crippen molar-refractivity contribution >= 4 is 27.5 Å². The summed E-state index contributed by atoms with van der Waals surface area (Å²) < 4.78 is 75.7. The second-order valence-corrected chi connectivity index (χ2v) is 9.74. The fourth-order valence-corrected chi connectivity index (χ4v) is 5.04. The van der Waals surface area contributed by atoms with Gasteiger partial charge in [-0.1, -0.05) is 18.5 Å². The van der Waals surface area contributed by atoms with E-state index in [1.54, 1.807) is 5.32 Å². The maximum Gasteiger partial charge on any atom is 0.405 e. The summed E-state index contributed by atoms with van der Waals surface area (Å²) in [5.41, 5.74) is 0.996. The Morgan fingerprint density at radius 3 is 2.73 bits per heavy atom. The van der Waals surface area contributed by atoms with Crippen molar-refractivity contribution < 1.29 is 30.8 Å². The zero-order valence-corrected chi connectivity index (χ0v) is 18.8. The number of hydrogen-bond donors (Lipinski definition) is 2. The lowest BCUT2D eigenvalue weighted by molar-refractivity contribution is -0.135. The first-order valence-electron chi connectivity index (χ1n) is 9.76. The van der Waals surface area contributed by atoms with Gasteiger partial charge >= 0.3 is 6.18 Å². The zero-order valence-electron chi connectivity index (χ0n) is 17.2. The average molecular weight is 510 g/mol. The van der Waals surface area contributed by atoms with Gasteiger partial charge in [-0.3, -0.25) is 4.79 Å². The standard InChI is InChI=1S/C19H20ClF4N5O3S/c1-11-9-29(33(31,32)7-5-15(30)26-10-19(22,23)24)6-4-13(11)16-17(20)28-18(27-16)14-3-2-12(21)8-25-14/h2-3,5,7-8,11,13H,4,6,9-10H2,1H3,(H,26,30)(H,27,28)/t11-,13+/m0/s1. The van der Waals surface area contributed by atoms with Crippen molar-refractivity contribution in [1.82, 2.24) is 24.6 Å². The molecular weight excluding hydrogens is 490 g/mol. The number of aromatic amines is 1. The Hall–Kier alpha value is -2.51. The topological polar surface area (TPSA) is 108 Å². The van der Waals surface area contributed by atoms with Crippen LogP contribution in [-0.2, 0) is 14.8 Å². The Morgan fingerprint density at radius 1 is 1.39 bits per heavy atom. The van der Waals surface area contributed by atoms with Crippen molar-refractivity contribution in [1.29, 1.82) is 0 Å². The first-order chi connectivity index (χ1) is 15.4. The largest absolute Gasteiger partial charge is 0.405 e. The molecule has 1 fully saturated rings. The molecule has 33 heavy (non-hydrogen) atoms. The Morgan fingerprint density at radius 2 is 2.12 bits per heavy atom. The number of nitrogens with zero attached hydrogens (tertiary/aromatic N) is 3. The molecule has 1 amide bonds. The van der Waals surface area contributed by atoms with E-state index in [2.05, 4.69) is 15.0 Å². The highest BCUT2D eigenvalue weighted by molar-refractivity contribution is 7.92. The Labute approximate surface area is 192 Å². The summed E-state index contributed by atoms with van der Waals surface area (Å²) in [4.78, 5) is 22.7. The van der Waals surface area contributed by atoms with E-state index in [0.29, 0.717) is 35.1 Å². The minimum Gasteiger partial charge on any atom is -0.343 e. The average Bonchev–Trinajstić information content (AvgIpc) is 3.12. The summed E-state index contributed by atoms with van der Waals surface area (Å²) in [6.45, 7) is 0.463. The number of nitrogens with one attached hydrogen (secondary N) is 2. The van der Waals surface area contributed by atoms with Crippen LogP contribution in [0.3, 0.4) is 0 Å². The molecule has 14 heteroatoms. The van der Waals surface area contributed by atoms with E-state index < -0.39 is 34.5 Å². The molecule has 1 aliphatic rings. The number of imidazole rings is 1. The first kappa shape index (κ1) is 25.1. The highest BCUT2D eigenvalue weighted by Crippen LogP contribution is 2.37. The number of hydrogen-bond acceptors (Lipinski definition) is 5. The lowest BCUT2D eigenvalue weighted by Crippen LogP contribution is -2.41. The van der Waals surface area contributed by atoms with Crippen LogP contribution in [0.15, 0.2) is 29.8 Å². The summed E-state index contributed by atoms with van der Waals surface area (Å²) in [6, 6.07) is 2.69. The molecular formula is C19H20ClF4N5O3S. The van der Waals surface area contributed by atoms with Crippen LogP contribution in [0.4, 0.5) is 17.6 Å². The molecule has 0 aromatic carbocycles. The van der Waals surface area contributed by atoms with Gasteiger partial charge in [-0.2, -0.15) is 17.5 Å². The third-order valence-electron chi connectivity index (χ3n) is 5.11. The molecule has 1 aliphatic heterocycles. The molecule has 2 aromatic heterocycles.